The molecule has 0 spiro atoms. The van der Waals surface area contributed by atoms with E-state index in [0.717, 1.165) is 5.69 Å². The first kappa shape index (κ1) is 12.1. The molecule has 0 fully saturated rings. The molecule has 19 heavy (non-hydrogen) atoms. The molecule has 1 nitrogen and oxygen atoms in total. The first-order valence-electron chi connectivity index (χ1n) is 6.09. The lowest BCUT2D eigenvalue weighted by Gasteiger charge is -2.08. The summed E-state index contributed by atoms with van der Waals surface area (Å²) in [5.74, 6) is 0. The van der Waals surface area contributed by atoms with Crippen LogP contribution < -0.4 is 0 Å². The van der Waals surface area contributed by atoms with Crippen molar-refractivity contribution in [2.24, 2.45) is 0 Å². The number of benzene rings is 2. The van der Waals surface area contributed by atoms with Crippen molar-refractivity contribution in [3.8, 4) is 11.3 Å². The monoisotopic (exact) mass is 309 g/mol. The quantitative estimate of drug-likeness (QED) is 0.447. The molecule has 0 bridgehead atoms. The van der Waals surface area contributed by atoms with Gasteiger partial charge in [-0.05, 0) is 22.6 Å². The van der Waals surface area contributed by atoms with Crippen LogP contribution in [0.4, 0.5) is 0 Å². The maximum atomic E-state index is 4.60. The number of hydrogen-bond acceptors (Lipinski definition) is 1. The minimum atomic E-state index is 0. The average Bonchev–Trinajstić information content (AvgIpc) is 2.60. The predicted molar refractivity (Wildman–Crippen MR) is 86.4 cm³/mol. The zero-order chi connectivity index (χ0) is 11.9. The number of pyridine rings is 1. The van der Waals surface area contributed by atoms with E-state index in [4.69, 9.17) is 0 Å². The molecule has 92 valence electrons. The standard InChI is InChI=1S/C17H11N.BrH/c1-2-7-15-12(4-1)8-9-13-5-3-6-14-10-11-18-17(15)16(13)14;/h1-11H;1H. The normalized spacial score (nSPS) is 11.6. The van der Waals surface area contributed by atoms with Crippen LogP contribution in [0.1, 0.15) is 11.1 Å². The Morgan fingerprint density at radius 3 is 2.47 bits per heavy atom. The summed E-state index contributed by atoms with van der Waals surface area (Å²) in [4.78, 5) is 4.60. The van der Waals surface area contributed by atoms with Crippen LogP contribution >= 0.6 is 17.0 Å². The number of nitrogens with zero attached hydrogens (tertiary/aromatic N) is 1. The second-order valence-electron chi connectivity index (χ2n) is 4.53. The molecule has 0 saturated carbocycles. The Bertz CT molecular complexity index is 785. The van der Waals surface area contributed by atoms with Crippen LogP contribution in [-0.2, 0) is 0 Å². The van der Waals surface area contributed by atoms with Crippen LogP contribution in [-0.4, -0.2) is 4.98 Å². The third-order valence-electron chi connectivity index (χ3n) is 3.48. The van der Waals surface area contributed by atoms with E-state index in [-0.39, 0.29) is 17.0 Å². The molecule has 0 unspecified atom stereocenters. The van der Waals surface area contributed by atoms with Gasteiger partial charge in [0.25, 0.3) is 0 Å². The van der Waals surface area contributed by atoms with Gasteiger partial charge in [-0.2, -0.15) is 0 Å². The summed E-state index contributed by atoms with van der Waals surface area (Å²) in [6, 6.07) is 16.9. The summed E-state index contributed by atoms with van der Waals surface area (Å²) < 4.78 is 0. The second kappa shape index (κ2) is 4.63. The van der Waals surface area contributed by atoms with E-state index in [1.807, 2.05) is 6.20 Å². The van der Waals surface area contributed by atoms with Crippen molar-refractivity contribution < 1.29 is 0 Å². The van der Waals surface area contributed by atoms with Crippen LogP contribution in [0, 0.1) is 0 Å². The molecular weight excluding hydrogens is 298 g/mol. The second-order valence-corrected chi connectivity index (χ2v) is 4.53. The molecule has 0 atom stereocenters. The molecule has 4 rings (SSSR count). The van der Waals surface area contributed by atoms with Crippen LogP contribution in [0.25, 0.3) is 34.2 Å². The van der Waals surface area contributed by atoms with Gasteiger partial charge in [-0.25, -0.2) is 0 Å². The van der Waals surface area contributed by atoms with E-state index >= 15 is 0 Å². The van der Waals surface area contributed by atoms with Gasteiger partial charge in [-0.3, -0.25) is 4.98 Å². The SMILES string of the molecule is Br.C1=Cc2cccc3ccnc(c23)-c2ccccc21. The molecule has 0 N–H and O–H groups in total. The van der Waals surface area contributed by atoms with Crippen molar-refractivity contribution in [2.45, 2.75) is 0 Å². The lowest BCUT2D eigenvalue weighted by atomic mass is 10.00. The fourth-order valence-corrected chi connectivity index (χ4v) is 2.64. The highest BCUT2D eigenvalue weighted by atomic mass is 79.9. The van der Waals surface area contributed by atoms with Gasteiger partial charge in [0.15, 0.2) is 0 Å². The first-order valence-corrected chi connectivity index (χ1v) is 6.09. The number of hydrogen-bond donors (Lipinski definition) is 0. The molecule has 3 aromatic rings. The van der Waals surface area contributed by atoms with Gasteiger partial charge in [0.2, 0.25) is 0 Å². The van der Waals surface area contributed by atoms with Crippen LogP contribution in [0.15, 0.2) is 54.7 Å². The highest BCUT2D eigenvalue weighted by molar-refractivity contribution is 8.93. The molecule has 1 aromatic heterocycles. The zero-order valence-corrected chi connectivity index (χ0v) is 11.9. The van der Waals surface area contributed by atoms with E-state index in [2.05, 4.69) is 65.7 Å². The minimum absolute atomic E-state index is 0. The molecule has 0 radical (unpaired) electrons. The average molecular weight is 310 g/mol. The number of aromatic nitrogens is 1. The Kier molecular flexibility index (Phi) is 2.96. The van der Waals surface area contributed by atoms with Crippen molar-refractivity contribution in [2.75, 3.05) is 0 Å². The molecule has 1 aliphatic rings. The third-order valence-corrected chi connectivity index (χ3v) is 3.48. The molecule has 1 aliphatic carbocycles. The fourth-order valence-electron chi connectivity index (χ4n) is 2.64. The van der Waals surface area contributed by atoms with Gasteiger partial charge in [-0.15, -0.1) is 17.0 Å². The van der Waals surface area contributed by atoms with E-state index < -0.39 is 0 Å². The van der Waals surface area contributed by atoms with Crippen LogP contribution in [0.2, 0.25) is 0 Å². The van der Waals surface area contributed by atoms with Gasteiger partial charge in [-0.1, -0.05) is 54.6 Å². The van der Waals surface area contributed by atoms with Crippen molar-refractivity contribution in [3.63, 3.8) is 0 Å². The summed E-state index contributed by atoms with van der Waals surface area (Å²) >= 11 is 0. The highest BCUT2D eigenvalue weighted by Gasteiger charge is 2.13. The first-order chi connectivity index (χ1) is 8.93. The Balaban J connectivity index is 0.00000110. The topological polar surface area (TPSA) is 12.9 Å². The summed E-state index contributed by atoms with van der Waals surface area (Å²) in [7, 11) is 0. The predicted octanol–water partition coefficient (Wildman–Crippen LogP) is 4.96. The molecule has 0 saturated heterocycles. The fraction of sp³-hybridized carbons (Fsp3) is 0. The maximum absolute atomic E-state index is 4.60. The highest BCUT2D eigenvalue weighted by Crippen LogP contribution is 2.35. The lowest BCUT2D eigenvalue weighted by Crippen LogP contribution is -1.88. The van der Waals surface area contributed by atoms with E-state index in [1.54, 1.807) is 0 Å². The largest absolute Gasteiger partial charge is 0.256 e. The summed E-state index contributed by atoms with van der Waals surface area (Å²) in [6.45, 7) is 0. The van der Waals surface area contributed by atoms with E-state index in [0.29, 0.717) is 0 Å². The van der Waals surface area contributed by atoms with Crippen molar-refractivity contribution >= 4 is 39.9 Å². The maximum Gasteiger partial charge on any atom is 0.0792 e. The Morgan fingerprint density at radius 2 is 1.53 bits per heavy atom. The molecule has 2 aromatic carbocycles. The van der Waals surface area contributed by atoms with Crippen LogP contribution in [0.3, 0.4) is 0 Å². The third kappa shape index (κ3) is 1.80. The Morgan fingerprint density at radius 1 is 0.737 bits per heavy atom. The minimum Gasteiger partial charge on any atom is -0.256 e. The van der Waals surface area contributed by atoms with Crippen LogP contribution in [0.5, 0.6) is 0 Å². The van der Waals surface area contributed by atoms with Gasteiger partial charge in [0.05, 0.1) is 5.69 Å². The smallest absolute Gasteiger partial charge is 0.0792 e. The van der Waals surface area contributed by atoms with Gasteiger partial charge >= 0.3 is 0 Å². The summed E-state index contributed by atoms with van der Waals surface area (Å²) in [6.07, 6.45) is 6.24. The van der Waals surface area contributed by atoms with Crippen molar-refractivity contribution in [1.29, 1.82) is 0 Å². The number of halogens is 1. The molecule has 0 aliphatic heterocycles. The zero-order valence-electron chi connectivity index (χ0n) is 10.2. The van der Waals surface area contributed by atoms with Gasteiger partial charge in [0, 0.05) is 17.1 Å². The Hall–Kier alpha value is -1.93. The van der Waals surface area contributed by atoms with Gasteiger partial charge in [0.1, 0.15) is 0 Å². The van der Waals surface area contributed by atoms with Crippen molar-refractivity contribution in [3.05, 3.63) is 65.9 Å². The molecule has 1 heterocycles. The molecule has 2 heteroatoms. The molecule has 0 amide bonds. The van der Waals surface area contributed by atoms with E-state index in [9.17, 15) is 0 Å². The van der Waals surface area contributed by atoms with Crippen molar-refractivity contribution in [1.82, 2.24) is 4.98 Å². The lowest BCUT2D eigenvalue weighted by molar-refractivity contribution is 1.35. The Labute approximate surface area is 122 Å². The summed E-state index contributed by atoms with van der Waals surface area (Å²) in [5, 5.41) is 2.50. The van der Waals surface area contributed by atoms with Gasteiger partial charge < -0.3 is 0 Å². The summed E-state index contributed by atoms with van der Waals surface area (Å²) in [5.41, 5.74) is 4.77. The number of fused-ring (bicyclic) bond motifs is 2. The van der Waals surface area contributed by atoms with E-state index in [1.165, 1.54) is 27.5 Å². The number of rotatable bonds is 0. The molecular formula is C17H12BrN.